The number of halogens is 1. The standard InChI is InChI=1S/C13H18ClNO4/c1-15-12(17)4-3-5-19-13-9(8-16)6-10(14)7-11(13)18-2/h6-7,16H,3-5,8H2,1-2H3,(H,15,17). The molecule has 6 heteroatoms. The van der Waals surface area contributed by atoms with Crippen LogP contribution in [0.25, 0.3) is 0 Å². The zero-order valence-corrected chi connectivity index (χ0v) is 11.8. The van der Waals surface area contributed by atoms with Gasteiger partial charge in [0, 0.05) is 30.1 Å². The molecule has 1 aromatic rings. The van der Waals surface area contributed by atoms with E-state index in [4.69, 9.17) is 21.1 Å². The van der Waals surface area contributed by atoms with Crippen molar-refractivity contribution in [1.29, 1.82) is 0 Å². The summed E-state index contributed by atoms with van der Waals surface area (Å²) in [6.45, 7) is 0.167. The van der Waals surface area contributed by atoms with E-state index in [0.29, 0.717) is 41.5 Å². The molecule has 0 aliphatic carbocycles. The van der Waals surface area contributed by atoms with Gasteiger partial charge in [0.15, 0.2) is 11.5 Å². The Kier molecular flexibility index (Phi) is 6.45. The topological polar surface area (TPSA) is 67.8 Å². The fourth-order valence-electron chi connectivity index (χ4n) is 1.59. The highest BCUT2D eigenvalue weighted by atomic mass is 35.5. The minimum atomic E-state index is -0.193. The van der Waals surface area contributed by atoms with Crippen molar-refractivity contribution in [3.8, 4) is 11.5 Å². The van der Waals surface area contributed by atoms with Crippen LogP contribution in [0.4, 0.5) is 0 Å². The van der Waals surface area contributed by atoms with Gasteiger partial charge < -0.3 is 19.9 Å². The van der Waals surface area contributed by atoms with Crippen molar-refractivity contribution in [2.24, 2.45) is 0 Å². The molecule has 0 aliphatic heterocycles. The normalized spacial score (nSPS) is 10.1. The number of amides is 1. The molecule has 0 aromatic heterocycles. The number of hydrogen-bond donors (Lipinski definition) is 2. The van der Waals surface area contributed by atoms with E-state index in [2.05, 4.69) is 5.32 Å². The van der Waals surface area contributed by atoms with Gasteiger partial charge in [0.1, 0.15) is 0 Å². The third-order valence-electron chi connectivity index (χ3n) is 2.56. The Balaban J connectivity index is 2.68. The molecule has 0 aliphatic rings. The number of carbonyl (C=O) groups excluding carboxylic acids is 1. The summed E-state index contributed by atoms with van der Waals surface area (Å²) in [7, 11) is 3.10. The fraction of sp³-hybridized carbons (Fsp3) is 0.462. The molecule has 0 saturated carbocycles. The predicted octanol–water partition coefficient (Wildman–Crippen LogP) is 1.75. The van der Waals surface area contributed by atoms with Gasteiger partial charge in [0.25, 0.3) is 0 Å². The van der Waals surface area contributed by atoms with Crippen molar-refractivity contribution in [2.75, 3.05) is 20.8 Å². The van der Waals surface area contributed by atoms with E-state index in [0.717, 1.165) is 0 Å². The number of benzene rings is 1. The molecule has 19 heavy (non-hydrogen) atoms. The predicted molar refractivity (Wildman–Crippen MR) is 72.7 cm³/mol. The largest absolute Gasteiger partial charge is 0.493 e. The van der Waals surface area contributed by atoms with Crippen LogP contribution in [0.1, 0.15) is 18.4 Å². The number of nitrogens with one attached hydrogen (secondary N) is 1. The first kappa shape index (κ1) is 15.6. The molecule has 5 nitrogen and oxygen atoms in total. The second-order valence-electron chi connectivity index (χ2n) is 3.88. The number of carbonyl (C=O) groups is 1. The Morgan fingerprint density at radius 2 is 2.21 bits per heavy atom. The van der Waals surface area contributed by atoms with Crippen LogP contribution in [0.3, 0.4) is 0 Å². The highest BCUT2D eigenvalue weighted by Gasteiger charge is 2.12. The molecule has 0 atom stereocenters. The molecule has 0 fully saturated rings. The van der Waals surface area contributed by atoms with E-state index in [1.54, 1.807) is 19.2 Å². The molecule has 1 amide bonds. The van der Waals surface area contributed by atoms with Gasteiger partial charge in [-0.25, -0.2) is 0 Å². The minimum absolute atomic E-state index is 0.0333. The molecule has 0 radical (unpaired) electrons. The summed E-state index contributed by atoms with van der Waals surface area (Å²) in [4.78, 5) is 11.1. The van der Waals surface area contributed by atoms with Crippen LogP contribution in [0.5, 0.6) is 11.5 Å². The maximum absolute atomic E-state index is 11.1. The van der Waals surface area contributed by atoms with Crippen LogP contribution in [-0.4, -0.2) is 31.8 Å². The lowest BCUT2D eigenvalue weighted by molar-refractivity contribution is -0.120. The third-order valence-corrected chi connectivity index (χ3v) is 2.78. The first-order chi connectivity index (χ1) is 9.12. The van der Waals surface area contributed by atoms with Crippen LogP contribution in [0.15, 0.2) is 12.1 Å². The van der Waals surface area contributed by atoms with Crippen LogP contribution in [0, 0.1) is 0 Å². The van der Waals surface area contributed by atoms with Gasteiger partial charge in [0.2, 0.25) is 5.91 Å². The van der Waals surface area contributed by atoms with Crippen molar-refractivity contribution in [1.82, 2.24) is 5.32 Å². The van der Waals surface area contributed by atoms with Gasteiger partial charge >= 0.3 is 0 Å². The smallest absolute Gasteiger partial charge is 0.219 e. The van der Waals surface area contributed by atoms with Gasteiger partial charge in [-0.3, -0.25) is 4.79 Å². The molecule has 1 aromatic carbocycles. The second kappa shape index (κ2) is 7.86. The molecule has 1 rings (SSSR count). The zero-order valence-electron chi connectivity index (χ0n) is 11.0. The fourth-order valence-corrected chi connectivity index (χ4v) is 1.82. The van der Waals surface area contributed by atoms with E-state index < -0.39 is 0 Å². The first-order valence-corrected chi connectivity index (χ1v) is 6.30. The first-order valence-electron chi connectivity index (χ1n) is 5.93. The molecule has 0 spiro atoms. The Morgan fingerprint density at radius 1 is 1.47 bits per heavy atom. The number of hydrogen-bond acceptors (Lipinski definition) is 4. The summed E-state index contributed by atoms with van der Waals surface area (Å²) < 4.78 is 10.7. The lowest BCUT2D eigenvalue weighted by Gasteiger charge is -2.14. The average Bonchev–Trinajstić information content (AvgIpc) is 2.43. The summed E-state index contributed by atoms with van der Waals surface area (Å²) >= 11 is 5.90. The molecule has 0 heterocycles. The molecular weight excluding hydrogens is 270 g/mol. The van der Waals surface area contributed by atoms with Crippen LogP contribution in [-0.2, 0) is 11.4 Å². The summed E-state index contributed by atoms with van der Waals surface area (Å²) in [5, 5.41) is 12.3. The Labute approximate surface area is 117 Å². The average molecular weight is 288 g/mol. The van der Waals surface area contributed by atoms with Crippen molar-refractivity contribution in [2.45, 2.75) is 19.4 Å². The summed E-state index contributed by atoms with van der Waals surface area (Å²) in [6, 6.07) is 3.24. The highest BCUT2D eigenvalue weighted by molar-refractivity contribution is 6.30. The Bertz CT molecular complexity index is 412. The monoisotopic (exact) mass is 287 g/mol. The molecule has 2 N–H and O–H groups in total. The number of rotatable bonds is 7. The molecule has 0 unspecified atom stereocenters. The van der Waals surface area contributed by atoms with E-state index in [1.165, 1.54) is 7.11 Å². The molecule has 0 bridgehead atoms. The van der Waals surface area contributed by atoms with E-state index >= 15 is 0 Å². The summed E-state index contributed by atoms with van der Waals surface area (Å²) in [5.74, 6) is 0.900. The zero-order chi connectivity index (χ0) is 14.3. The van der Waals surface area contributed by atoms with E-state index in [9.17, 15) is 9.90 Å². The van der Waals surface area contributed by atoms with Crippen LogP contribution in [0.2, 0.25) is 5.02 Å². The Hall–Kier alpha value is -1.46. The van der Waals surface area contributed by atoms with Crippen molar-refractivity contribution >= 4 is 17.5 Å². The van der Waals surface area contributed by atoms with Gasteiger partial charge in [-0.05, 0) is 12.5 Å². The van der Waals surface area contributed by atoms with Gasteiger partial charge in [-0.1, -0.05) is 11.6 Å². The van der Waals surface area contributed by atoms with Crippen LogP contribution >= 0.6 is 11.6 Å². The molecule has 0 saturated heterocycles. The highest BCUT2D eigenvalue weighted by Crippen LogP contribution is 2.34. The van der Waals surface area contributed by atoms with E-state index in [1.807, 2.05) is 0 Å². The SMILES string of the molecule is CNC(=O)CCCOc1c(CO)cc(Cl)cc1OC. The minimum Gasteiger partial charge on any atom is -0.493 e. The maximum Gasteiger partial charge on any atom is 0.219 e. The van der Waals surface area contributed by atoms with Gasteiger partial charge in [-0.2, -0.15) is 0 Å². The van der Waals surface area contributed by atoms with E-state index in [-0.39, 0.29) is 12.5 Å². The quantitative estimate of drug-likeness (QED) is 0.750. The number of methoxy groups -OCH3 is 1. The summed E-state index contributed by atoms with van der Waals surface area (Å²) in [6.07, 6.45) is 0.969. The van der Waals surface area contributed by atoms with Gasteiger partial charge in [0.05, 0.1) is 20.3 Å². The molecular formula is C13H18ClNO4. The van der Waals surface area contributed by atoms with Gasteiger partial charge in [-0.15, -0.1) is 0 Å². The van der Waals surface area contributed by atoms with Crippen molar-refractivity contribution < 1.29 is 19.4 Å². The number of ether oxygens (including phenoxy) is 2. The molecule has 106 valence electrons. The second-order valence-corrected chi connectivity index (χ2v) is 4.32. The summed E-state index contributed by atoms with van der Waals surface area (Å²) in [5.41, 5.74) is 0.560. The number of aliphatic hydroxyl groups is 1. The van der Waals surface area contributed by atoms with Crippen molar-refractivity contribution in [3.05, 3.63) is 22.7 Å². The Morgan fingerprint density at radius 3 is 2.79 bits per heavy atom. The maximum atomic E-state index is 11.1. The number of aliphatic hydroxyl groups excluding tert-OH is 1. The lowest BCUT2D eigenvalue weighted by atomic mass is 10.2. The van der Waals surface area contributed by atoms with Crippen LogP contribution < -0.4 is 14.8 Å². The lowest BCUT2D eigenvalue weighted by Crippen LogP contribution is -2.18. The van der Waals surface area contributed by atoms with Crippen molar-refractivity contribution in [3.63, 3.8) is 0 Å². The third kappa shape index (κ3) is 4.61.